The van der Waals surface area contributed by atoms with Crippen molar-refractivity contribution in [1.29, 1.82) is 0 Å². The van der Waals surface area contributed by atoms with Gasteiger partial charge in [0.15, 0.2) is 6.29 Å². The topological polar surface area (TPSA) is 18.5 Å². The zero-order valence-electron chi connectivity index (χ0n) is 30.1. The summed E-state index contributed by atoms with van der Waals surface area (Å²) in [6.45, 7) is 6.22. The molecule has 0 aliphatic carbocycles. The first-order valence-electron chi connectivity index (χ1n) is 20.6. The molecule has 0 amide bonds. The first kappa shape index (κ1) is 40.9. The van der Waals surface area contributed by atoms with Crippen molar-refractivity contribution in [1.82, 2.24) is 0 Å². The van der Waals surface area contributed by atoms with Gasteiger partial charge >= 0.3 is 0 Å². The summed E-state index contributed by atoms with van der Waals surface area (Å²) in [5.41, 5.74) is 0. The predicted molar refractivity (Wildman–Crippen MR) is 192 cm³/mol. The second kappa shape index (κ2) is 34.8. The van der Waals surface area contributed by atoms with Crippen molar-refractivity contribution in [2.24, 2.45) is 5.92 Å². The quantitative estimate of drug-likeness (QED) is 0.0660. The van der Waals surface area contributed by atoms with Crippen LogP contribution in [-0.2, 0) is 9.47 Å². The monoisotopic (exact) mass is 607 g/mol. The molecular formula is C41H82O2. The minimum Gasteiger partial charge on any atom is -0.350 e. The van der Waals surface area contributed by atoms with Crippen molar-refractivity contribution in [3.63, 3.8) is 0 Å². The lowest BCUT2D eigenvalue weighted by molar-refractivity contribution is -0.0885. The van der Waals surface area contributed by atoms with Crippen molar-refractivity contribution in [3.05, 3.63) is 0 Å². The van der Waals surface area contributed by atoms with Gasteiger partial charge in [-0.05, 0) is 12.8 Å². The normalized spacial score (nSPS) is 14.7. The van der Waals surface area contributed by atoms with Crippen LogP contribution in [0.3, 0.4) is 0 Å². The molecule has 0 saturated carbocycles. The zero-order valence-corrected chi connectivity index (χ0v) is 30.1. The van der Waals surface area contributed by atoms with Gasteiger partial charge in [-0.15, -0.1) is 0 Å². The van der Waals surface area contributed by atoms with E-state index in [2.05, 4.69) is 13.8 Å². The Kier molecular flexibility index (Phi) is 33.1. The van der Waals surface area contributed by atoms with Crippen molar-refractivity contribution in [3.8, 4) is 0 Å². The number of unbranched alkanes of at least 4 members (excludes halogenated alkanes) is 31. The molecule has 2 heteroatoms. The van der Waals surface area contributed by atoms with Gasteiger partial charge < -0.3 is 9.47 Å². The summed E-state index contributed by atoms with van der Waals surface area (Å²) >= 11 is 0. The molecule has 1 unspecified atom stereocenters. The van der Waals surface area contributed by atoms with Gasteiger partial charge in [0.2, 0.25) is 0 Å². The van der Waals surface area contributed by atoms with Crippen LogP contribution < -0.4 is 0 Å². The maximum absolute atomic E-state index is 5.96. The third-order valence-corrected chi connectivity index (χ3v) is 10.1. The summed E-state index contributed by atoms with van der Waals surface area (Å²) in [6.07, 6.45) is 50.4. The molecule has 2 nitrogen and oxygen atoms in total. The third-order valence-electron chi connectivity index (χ3n) is 10.1. The fourth-order valence-corrected chi connectivity index (χ4v) is 7.15. The molecule has 1 heterocycles. The van der Waals surface area contributed by atoms with Gasteiger partial charge in [-0.2, -0.15) is 0 Å². The van der Waals surface area contributed by atoms with Crippen molar-refractivity contribution in [2.75, 3.05) is 13.2 Å². The Morgan fingerprint density at radius 1 is 0.326 bits per heavy atom. The molecule has 43 heavy (non-hydrogen) atoms. The van der Waals surface area contributed by atoms with Crippen LogP contribution in [0, 0.1) is 5.92 Å². The first-order valence-corrected chi connectivity index (χ1v) is 20.6. The maximum Gasteiger partial charge on any atom is 0.160 e. The van der Waals surface area contributed by atoms with Crippen LogP contribution in [0.25, 0.3) is 0 Å². The lowest BCUT2D eigenvalue weighted by atomic mass is 9.93. The Bertz CT molecular complexity index is 500. The predicted octanol–water partition coefficient (Wildman–Crippen LogP) is 14.7. The molecule has 0 bridgehead atoms. The lowest BCUT2D eigenvalue weighted by Crippen LogP contribution is -2.21. The molecule has 1 rings (SSSR count). The highest BCUT2D eigenvalue weighted by molar-refractivity contribution is 4.68. The van der Waals surface area contributed by atoms with Crippen LogP contribution in [0.4, 0.5) is 0 Å². The van der Waals surface area contributed by atoms with Gasteiger partial charge in [-0.3, -0.25) is 0 Å². The molecule has 1 aliphatic rings. The summed E-state index contributed by atoms with van der Waals surface area (Å²) in [5, 5.41) is 0. The Morgan fingerprint density at radius 3 is 0.767 bits per heavy atom. The van der Waals surface area contributed by atoms with E-state index in [9.17, 15) is 0 Å². The van der Waals surface area contributed by atoms with Gasteiger partial charge in [0.1, 0.15) is 0 Å². The highest BCUT2D eigenvalue weighted by Gasteiger charge is 2.26. The standard InChI is InChI=1S/C41H82O2/c1-3-5-7-9-11-13-15-17-19-21-23-25-27-29-31-33-35-37-40(41-42-38-39-43-41)36-34-32-30-28-26-24-22-20-18-16-14-12-10-8-6-4-2/h40-41H,3-39H2,1-2H3. The SMILES string of the molecule is CCCCCCCCCCCCCCCCCCCC(CCCCCCCCCCCCCCCCCC)C1OCCO1. The Morgan fingerprint density at radius 2 is 0.535 bits per heavy atom. The highest BCUT2D eigenvalue weighted by atomic mass is 16.7. The number of hydrogen-bond acceptors (Lipinski definition) is 2. The molecule has 1 atom stereocenters. The smallest absolute Gasteiger partial charge is 0.160 e. The summed E-state index contributed by atoms with van der Waals surface area (Å²) in [5.74, 6) is 0.630. The zero-order chi connectivity index (χ0) is 30.7. The molecule has 0 aromatic rings. The van der Waals surface area contributed by atoms with E-state index in [0.29, 0.717) is 5.92 Å². The molecule has 1 saturated heterocycles. The van der Waals surface area contributed by atoms with E-state index < -0.39 is 0 Å². The van der Waals surface area contributed by atoms with Crippen molar-refractivity contribution in [2.45, 2.75) is 245 Å². The van der Waals surface area contributed by atoms with Gasteiger partial charge in [-0.25, -0.2) is 0 Å². The second-order valence-electron chi connectivity index (χ2n) is 14.4. The highest BCUT2D eigenvalue weighted by Crippen LogP contribution is 2.27. The molecule has 0 radical (unpaired) electrons. The van der Waals surface area contributed by atoms with E-state index >= 15 is 0 Å². The lowest BCUT2D eigenvalue weighted by Gasteiger charge is -2.22. The average molecular weight is 607 g/mol. The fraction of sp³-hybridized carbons (Fsp3) is 1.00. The minimum atomic E-state index is 0.0948. The summed E-state index contributed by atoms with van der Waals surface area (Å²) in [7, 11) is 0. The van der Waals surface area contributed by atoms with E-state index in [0.717, 1.165) is 13.2 Å². The average Bonchev–Trinajstić information content (AvgIpc) is 3.56. The van der Waals surface area contributed by atoms with E-state index in [4.69, 9.17) is 9.47 Å². The molecular weight excluding hydrogens is 524 g/mol. The van der Waals surface area contributed by atoms with Gasteiger partial charge in [0, 0.05) is 5.92 Å². The summed E-state index contributed by atoms with van der Waals surface area (Å²) in [6, 6.07) is 0. The van der Waals surface area contributed by atoms with E-state index in [1.54, 1.807) is 0 Å². The van der Waals surface area contributed by atoms with Crippen LogP contribution in [0.1, 0.15) is 239 Å². The summed E-state index contributed by atoms with van der Waals surface area (Å²) < 4.78 is 11.9. The summed E-state index contributed by atoms with van der Waals surface area (Å²) in [4.78, 5) is 0. The molecule has 0 N–H and O–H groups in total. The largest absolute Gasteiger partial charge is 0.350 e. The number of rotatable bonds is 36. The van der Waals surface area contributed by atoms with Crippen LogP contribution >= 0.6 is 0 Å². The van der Waals surface area contributed by atoms with Crippen LogP contribution in [-0.4, -0.2) is 19.5 Å². The minimum absolute atomic E-state index is 0.0948. The molecule has 0 spiro atoms. The van der Waals surface area contributed by atoms with Crippen molar-refractivity contribution >= 4 is 0 Å². The van der Waals surface area contributed by atoms with Crippen LogP contribution in [0.5, 0.6) is 0 Å². The number of hydrogen-bond donors (Lipinski definition) is 0. The Hall–Kier alpha value is -0.0800. The third kappa shape index (κ3) is 29.1. The first-order chi connectivity index (χ1) is 21.4. The molecule has 0 aromatic carbocycles. The van der Waals surface area contributed by atoms with Crippen LogP contribution in [0.15, 0.2) is 0 Å². The van der Waals surface area contributed by atoms with Crippen molar-refractivity contribution < 1.29 is 9.47 Å². The molecule has 1 aliphatic heterocycles. The molecule has 258 valence electrons. The van der Waals surface area contributed by atoms with E-state index in [1.165, 1.54) is 225 Å². The van der Waals surface area contributed by atoms with Gasteiger partial charge in [0.25, 0.3) is 0 Å². The number of ether oxygens (including phenoxy) is 2. The fourth-order valence-electron chi connectivity index (χ4n) is 7.15. The van der Waals surface area contributed by atoms with E-state index in [-0.39, 0.29) is 6.29 Å². The Labute approximate surface area is 273 Å². The maximum atomic E-state index is 5.96. The Balaban J connectivity index is 1.87. The van der Waals surface area contributed by atoms with Crippen LogP contribution in [0.2, 0.25) is 0 Å². The van der Waals surface area contributed by atoms with Gasteiger partial charge in [-0.1, -0.05) is 226 Å². The van der Waals surface area contributed by atoms with Gasteiger partial charge in [0.05, 0.1) is 13.2 Å². The second-order valence-corrected chi connectivity index (χ2v) is 14.4. The van der Waals surface area contributed by atoms with E-state index in [1.807, 2.05) is 0 Å². The molecule has 0 aromatic heterocycles. The molecule has 1 fully saturated rings.